The van der Waals surface area contributed by atoms with E-state index in [1.807, 2.05) is 0 Å². The molecule has 3 atom stereocenters. The highest BCUT2D eigenvalue weighted by Crippen LogP contribution is 2.53. The summed E-state index contributed by atoms with van der Waals surface area (Å²) in [5, 5.41) is 5.10. The van der Waals surface area contributed by atoms with Crippen LogP contribution in [0.1, 0.15) is 56.6 Å². The molecule has 3 fully saturated rings. The minimum atomic E-state index is -1.61. The molecule has 1 aromatic heterocycles. The number of hydrazine groups is 1. The number of rotatable bonds is 9. The van der Waals surface area contributed by atoms with Crippen LogP contribution in [0, 0.1) is 19.8 Å². The lowest BCUT2D eigenvalue weighted by atomic mass is 9.90. The third-order valence-corrected chi connectivity index (χ3v) is 9.52. The standard InChI is InChI=1S/C25H33BN6O8S2/c1-12-16(28-13(2)41-12)17(29-40-24(6,7)20(35)38-23(3,4)5)15(33)10-14-18(34)30-11-25(21(36)39-26,42-19(14)30)31-8-9-32(27)22(31)37/h14,19H,8-11,27H2,1-7H3/b29-17+/t14-,19-,25-/m1/s1. The first-order valence-electron chi connectivity index (χ1n) is 13.1. The molecule has 0 bridgehead atoms. The number of hydrogen-bond acceptors (Lipinski definition) is 13. The quantitative estimate of drug-likeness (QED) is 0.0794. The van der Waals surface area contributed by atoms with Crippen molar-refractivity contribution in [3.63, 3.8) is 0 Å². The maximum absolute atomic E-state index is 13.7. The van der Waals surface area contributed by atoms with E-state index in [0.717, 1.165) is 16.8 Å². The summed E-state index contributed by atoms with van der Waals surface area (Å²) in [5.74, 6) is 2.35. The number of nitrogens with zero attached hydrogens (tertiary/aromatic N) is 5. The molecule has 2 radical (unpaired) electrons. The molecular formula is C25H33BN6O8S2. The van der Waals surface area contributed by atoms with E-state index in [4.69, 9.17) is 23.5 Å². The number of Topliss-reactive ketones (excluding diaryl/α,β-unsaturated/α-hetero) is 1. The molecule has 4 heterocycles. The van der Waals surface area contributed by atoms with Gasteiger partial charge in [0, 0.05) is 17.8 Å². The number of aryl methyl sites for hydroxylation is 2. The first-order chi connectivity index (χ1) is 19.4. The molecule has 0 spiro atoms. The largest absolute Gasteiger partial charge is 0.541 e. The van der Waals surface area contributed by atoms with Gasteiger partial charge in [0.25, 0.3) is 0 Å². The SMILES string of the molecule is [B]OC(=O)[C@@]1(N2CCN(N)C2=O)CN2C(=O)[C@@H](CC(=O)/C(=N\OC(C)(C)C(=O)OC(C)(C)C)c3nc(C)sc3C)[C@H]2S1. The number of urea groups is 1. The molecule has 1 aromatic rings. The zero-order valence-corrected chi connectivity index (χ0v) is 26.1. The van der Waals surface area contributed by atoms with Crippen molar-refractivity contribution in [2.24, 2.45) is 16.9 Å². The number of fused-ring (bicyclic) bond motifs is 1. The van der Waals surface area contributed by atoms with E-state index < -0.39 is 51.1 Å². The number of thiazole rings is 1. The number of ketones is 1. The van der Waals surface area contributed by atoms with Crippen LogP contribution in [0.3, 0.4) is 0 Å². The van der Waals surface area contributed by atoms with Gasteiger partial charge in [-0.2, -0.15) is 0 Å². The van der Waals surface area contributed by atoms with E-state index in [9.17, 15) is 24.0 Å². The Balaban J connectivity index is 1.58. The van der Waals surface area contributed by atoms with E-state index in [2.05, 4.69) is 14.8 Å². The van der Waals surface area contributed by atoms with Gasteiger partial charge in [-0.15, -0.1) is 11.3 Å². The number of β-lactam (4-membered cyclic amide) rings is 1. The van der Waals surface area contributed by atoms with Gasteiger partial charge in [-0.1, -0.05) is 16.9 Å². The lowest BCUT2D eigenvalue weighted by molar-refractivity contribution is -0.179. The first-order valence-corrected chi connectivity index (χ1v) is 14.8. The van der Waals surface area contributed by atoms with Gasteiger partial charge in [0.2, 0.25) is 16.4 Å². The van der Waals surface area contributed by atoms with Crippen molar-refractivity contribution < 1.29 is 38.2 Å². The lowest BCUT2D eigenvalue weighted by Gasteiger charge is -2.40. The predicted molar refractivity (Wildman–Crippen MR) is 153 cm³/mol. The van der Waals surface area contributed by atoms with Crippen molar-refractivity contribution in [2.45, 2.75) is 76.3 Å². The van der Waals surface area contributed by atoms with Gasteiger partial charge in [-0.25, -0.2) is 20.4 Å². The number of aromatic nitrogens is 1. The zero-order chi connectivity index (χ0) is 31.4. The van der Waals surface area contributed by atoms with Crippen molar-refractivity contribution in [1.82, 2.24) is 19.8 Å². The van der Waals surface area contributed by atoms with Crippen LogP contribution < -0.4 is 5.84 Å². The molecule has 3 amide bonds. The van der Waals surface area contributed by atoms with Gasteiger partial charge < -0.3 is 19.1 Å². The van der Waals surface area contributed by atoms with Crippen LogP contribution in [0.2, 0.25) is 0 Å². The average Bonchev–Trinajstić information content (AvgIpc) is 3.54. The number of nitrogens with two attached hydrogens (primary N) is 1. The summed E-state index contributed by atoms with van der Waals surface area (Å²) in [6.07, 6.45) is -0.289. The van der Waals surface area contributed by atoms with Crippen LogP contribution in [0.25, 0.3) is 0 Å². The number of oxime groups is 1. The fourth-order valence-corrected chi connectivity index (χ4v) is 7.34. The summed E-state index contributed by atoms with van der Waals surface area (Å²) in [6, 6.07) is -0.607. The van der Waals surface area contributed by atoms with Gasteiger partial charge in [0.1, 0.15) is 11.3 Å². The summed E-state index contributed by atoms with van der Waals surface area (Å²) in [4.78, 5) is 76.9. The molecule has 0 unspecified atom stereocenters. The Labute approximate surface area is 252 Å². The molecule has 3 aliphatic rings. The number of carbonyl (C=O) groups is 5. The smallest absolute Gasteiger partial charge is 0.378 e. The highest BCUT2D eigenvalue weighted by Gasteiger charge is 2.66. The van der Waals surface area contributed by atoms with Crippen LogP contribution in [0.4, 0.5) is 4.79 Å². The van der Waals surface area contributed by atoms with Crippen LogP contribution in [-0.2, 0) is 33.4 Å². The van der Waals surface area contributed by atoms with Gasteiger partial charge in [0.15, 0.2) is 11.5 Å². The summed E-state index contributed by atoms with van der Waals surface area (Å²) in [6.45, 7) is 11.8. The Hall–Kier alpha value is -3.18. The van der Waals surface area contributed by atoms with Gasteiger partial charge >= 0.3 is 26.0 Å². The minimum Gasteiger partial charge on any atom is -0.541 e. The second-order valence-electron chi connectivity index (χ2n) is 11.7. The molecule has 14 nitrogen and oxygen atoms in total. The van der Waals surface area contributed by atoms with E-state index in [1.165, 1.54) is 35.0 Å². The van der Waals surface area contributed by atoms with E-state index in [-0.39, 0.29) is 43.4 Å². The third-order valence-electron chi connectivity index (χ3n) is 6.91. The molecule has 0 aliphatic carbocycles. The molecule has 0 aromatic carbocycles. The third kappa shape index (κ3) is 5.73. The van der Waals surface area contributed by atoms with Crippen LogP contribution in [-0.4, -0.2) is 104 Å². The topological polar surface area (TPSA) is 174 Å². The molecule has 226 valence electrons. The zero-order valence-electron chi connectivity index (χ0n) is 24.5. The Morgan fingerprint density at radius 1 is 1.17 bits per heavy atom. The summed E-state index contributed by atoms with van der Waals surface area (Å²) in [7, 11) is 5.22. The Morgan fingerprint density at radius 2 is 1.83 bits per heavy atom. The number of carbonyl (C=O) groups excluding carboxylic acids is 5. The van der Waals surface area contributed by atoms with Crippen molar-refractivity contribution in [1.29, 1.82) is 0 Å². The fourth-order valence-electron chi connectivity index (χ4n) is 4.79. The van der Waals surface area contributed by atoms with Gasteiger partial charge in [-0.3, -0.25) is 24.3 Å². The highest BCUT2D eigenvalue weighted by molar-refractivity contribution is 8.02. The number of thioether (sulfide) groups is 1. The molecule has 2 N–H and O–H groups in total. The Morgan fingerprint density at radius 3 is 2.36 bits per heavy atom. The number of esters is 1. The van der Waals surface area contributed by atoms with E-state index in [0.29, 0.717) is 9.88 Å². The second kappa shape index (κ2) is 11.2. The molecule has 0 saturated carbocycles. The minimum absolute atomic E-state index is 0.125. The molecule has 3 saturated heterocycles. The summed E-state index contributed by atoms with van der Waals surface area (Å²) in [5.41, 5.74) is -2.18. The first kappa shape index (κ1) is 31.8. The molecule has 3 aliphatic heterocycles. The van der Waals surface area contributed by atoms with Crippen molar-refractivity contribution in [3.8, 4) is 0 Å². The highest BCUT2D eigenvalue weighted by atomic mass is 32.2. The van der Waals surface area contributed by atoms with E-state index >= 15 is 0 Å². The maximum Gasteiger partial charge on any atom is 0.378 e. The fraction of sp³-hybridized carbons (Fsp3) is 0.640. The van der Waals surface area contributed by atoms with Crippen molar-refractivity contribution in [3.05, 3.63) is 15.6 Å². The number of hydrogen-bond donors (Lipinski definition) is 1. The maximum atomic E-state index is 13.7. The summed E-state index contributed by atoms with van der Waals surface area (Å²) < 4.78 is 9.95. The number of amides is 3. The monoisotopic (exact) mass is 620 g/mol. The predicted octanol–water partition coefficient (Wildman–Crippen LogP) is 1.03. The Bertz CT molecular complexity index is 1360. The van der Waals surface area contributed by atoms with Gasteiger partial charge in [-0.05, 0) is 48.5 Å². The molecular weight excluding hydrogens is 587 g/mol. The molecule has 4 rings (SSSR count). The van der Waals surface area contributed by atoms with Crippen LogP contribution >= 0.6 is 23.1 Å². The summed E-state index contributed by atoms with van der Waals surface area (Å²) >= 11 is 2.37. The average molecular weight is 621 g/mol. The molecule has 17 heteroatoms. The van der Waals surface area contributed by atoms with Crippen LogP contribution in [0.15, 0.2) is 5.16 Å². The number of ether oxygens (including phenoxy) is 1. The van der Waals surface area contributed by atoms with E-state index in [1.54, 1.807) is 34.6 Å². The Kier molecular flexibility index (Phi) is 8.43. The lowest BCUT2D eigenvalue weighted by Crippen LogP contribution is -2.60. The van der Waals surface area contributed by atoms with Crippen molar-refractivity contribution >= 4 is 66.5 Å². The van der Waals surface area contributed by atoms with Crippen LogP contribution in [0.5, 0.6) is 0 Å². The normalized spacial score (nSPS) is 24.5. The second-order valence-corrected chi connectivity index (χ2v) is 14.5. The molecule has 42 heavy (non-hydrogen) atoms. The van der Waals surface area contributed by atoms with Gasteiger partial charge in [0.05, 0.1) is 29.4 Å². The van der Waals surface area contributed by atoms with Crippen molar-refractivity contribution in [2.75, 3.05) is 19.6 Å².